The first kappa shape index (κ1) is 15.1. The minimum atomic E-state index is -1.14. The third-order valence-electron chi connectivity index (χ3n) is 3.72. The number of amides is 1. The van der Waals surface area contributed by atoms with Crippen LogP contribution in [0.2, 0.25) is 0 Å². The van der Waals surface area contributed by atoms with Crippen molar-refractivity contribution in [3.63, 3.8) is 0 Å². The van der Waals surface area contributed by atoms with Gasteiger partial charge in [0.1, 0.15) is 11.2 Å². The Morgan fingerprint density at radius 1 is 1.52 bits per heavy atom. The van der Waals surface area contributed by atoms with Crippen LogP contribution in [0.1, 0.15) is 17.3 Å². The molecule has 0 bridgehead atoms. The van der Waals surface area contributed by atoms with Gasteiger partial charge in [0.05, 0.1) is 31.9 Å². The fourth-order valence-electron chi connectivity index (χ4n) is 2.22. The number of carbonyl (C=O) groups is 2. The summed E-state index contributed by atoms with van der Waals surface area (Å²) < 4.78 is 10.3. The Morgan fingerprint density at radius 3 is 2.86 bits per heavy atom. The van der Waals surface area contributed by atoms with Crippen molar-refractivity contribution in [2.75, 3.05) is 26.1 Å². The lowest BCUT2D eigenvalue weighted by Crippen LogP contribution is -2.49. The molecule has 4 N–H and O–H groups in total. The van der Waals surface area contributed by atoms with Crippen LogP contribution in [0.4, 0.5) is 5.69 Å². The van der Waals surface area contributed by atoms with E-state index in [9.17, 15) is 14.7 Å². The molecule has 2 atom stereocenters. The van der Waals surface area contributed by atoms with Gasteiger partial charge < -0.3 is 25.6 Å². The summed E-state index contributed by atoms with van der Waals surface area (Å²) >= 11 is 0. The van der Waals surface area contributed by atoms with E-state index in [4.69, 9.17) is 15.2 Å². The van der Waals surface area contributed by atoms with Gasteiger partial charge in [-0.25, -0.2) is 0 Å². The number of carboxylic acid groups (broad SMARTS) is 1. The van der Waals surface area contributed by atoms with Crippen LogP contribution >= 0.6 is 0 Å². The summed E-state index contributed by atoms with van der Waals surface area (Å²) in [7, 11) is 1.44. The van der Waals surface area contributed by atoms with Gasteiger partial charge >= 0.3 is 5.97 Å². The summed E-state index contributed by atoms with van der Waals surface area (Å²) in [6.07, 6.45) is 0. The number of nitrogens with two attached hydrogens (primary N) is 1. The molecule has 1 saturated heterocycles. The molecule has 1 aromatic rings. The van der Waals surface area contributed by atoms with Crippen LogP contribution in [0.25, 0.3) is 0 Å². The zero-order valence-electron chi connectivity index (χ0n) is 11.9. The highest BCUT2D eigenvalue weighted by atomic mass is 16.5. The third kappa shape index (κ3) is 2.78. The first-order valence-electron chi connectivity index (χ1n) is 6.44. The molecule has 21 heavy (non-hydrogen) atoms. The standard InChI is InChI=1S/C14H18N2O5/c1-14(13(18)19)7-21-6-11(14)16-12(17)9-4-3-8(15)5-10(9)20-2/h3-5,11H,6-7,15H2,1-2H3,(H,16,17)(H,18,19). The topological polar surface area (TPSA) is 111 Å². The van der Waals surface area contributed by atoms with Gasteiger partial charge in [0.15, 0.2) is 0 Å². The molecular formula is C14H18N2O5. The summed E-state index contributed by atoms with van der Waals surface area (Å²) in [5.74, 6) is -1.09. The molecule has 1 amide bonds. The Hall–Kier alpha value is -2.28. The fraction of sp³-hybridized carbons (Fsp3) is 0.429. The smallest absolute Gasteiger partial charge is 0.313 e. The number of nitrogen functional groups attached to an aromatic ring is 1. The maximum Gasteiger partial charge on any atom is 0.313 e. The van der Waals surface area contributed by atoms with Crippen molar-refractivity contribution in [2.45, 2.75) is 13.0 Å². The largest absolute Gasteiger partial charge is 0.496 e. The lowest BCUT2D eigenvalue weighted by atomic mass is 9.85. The highest BCUT2D eigenvalue weighted by molar-refractivity contribution is 5.98. The van der Waals surface area contributed by atoms with Crippen molar-refractivity contribution < 1.29 is 24.2 Å². The highest BCUT2D eigenvalue weighted by Gasteiger charge is 2.47. The van der Waals surface area contributed by atoms with Gasteiger partial charge in [-0.3, -0.25) is 9.59 Å². The number of aliphatic carboxylic acids is 1. The quantitative estimate of drug-likeness (QED) is 0.697. The van der Waals surface area contributed by atoms with Crippen LogP contribution in [0.3, 0.4) is 0 Å². The SMILES string of the molecule is COc1cc(N)ccc1C(=O)NC1COCC1(C)C(=O)O. The molecule has 114 valence electrons. The molecule has 1 aromatic carbocycles. The Labute approximate surface area is 122 Å². The second kappa shape index (κ2) is 5.61. The molecular weight excluding hydrogens is 276 g/mol. The number of hydrogen-bond acceptors (Lipinski definition) is 5. The molecule has 1 aliphatic rings. The van der Waals surface area contributed by atoms with Gasteiger partial charge in [0.2, 0.25) is 0 Å². The number of nitrogens with one attached hydrogen (secondary N) is 1. The third-order valence-corrected chi connectivity index (χ3v) is 3.72. The second-order valence-electron chi connectivity index (χ2n) is 5.22. The molecule has 1 heterocycles. The predicted molar refractivity (Wildman–Crippen MR) is 75.2 cm³/mol. The molecule has 0 saturated carbocycles. The number of rotatable bonds is 4. The van der Waals surface area contributed by atoms with Gasteiger partial charge in [-0.05, 0) is 19.1 Å². The van der Waals surface area contributed by atoms with Crippen molar-refractivity contribution in [3.8, 4) is 5.75 Å². The number of carboxylic acids is 1. The molecule has 1 fully saturated rings. The van der Waals surface area contributed by atoms with E-state index in [1.807, 2.05) is 0 Å². The predicted octanol–water partition coefficient (Wildman–Crippen LogP) is 0.497. The van der Waals surface area contributed by atoms with E-state index in [2.05, 4.69) is 5.32 Å². The maximum atomic E-state index is 12.3. The van der Waals surface area contributed by atoms with Gasteiger partial charge in [-0.2, -0.15) is 0 Å². The van der Waals surface area contributed by atoms with Crippen LogP contribution < -0.4 is 15.8 Å². The summed E-state index contributed by atoms with van der Waals surface area (Å²) in [5, 5.41) is 12.0. The Balaban J connectivity index is 2.20. The number of methoxy groups -OCH3 is 1. The molecule has 7 nitrogen and oxygen atoms in total. The average molecular weight is 294 g/mol. The van der Waals surface area contributed by atoms with Crippen LogP contribution in [-0.2, 0) is 9.53 Å². The minimum absolute atomic E-state index is 0.0617. The van der Waals surface area contributed by atoms with Gasteiger partial charge in [0.25, 0.3) is 5.91 Å². The fourth-order valence-corrected chi connectivity index (χ4v) is 2.22. The van der Waals surface area contributed by atoms with Crippen LogP contribution in [-0.4, -0.2) is 43.3 Å². The Morgan fingerprint density at radius 2 is 2.24 bits per heavy atom. The van der Waals surface area contributed by atoms with E-state index in [1.54, 1.807) is 13.0 Å². The zero-order chi connectivity index (χ0) is 15.6. The van der Waals surface area contributed by atoms with E-state index < -0.39 is 23.3 Å². The monoisotopic (exact) mass is 294 g/mol. The molecule has 0 spiro atoms. The van der Waals surface area contributed by atoms with Gasteiger partial charge in [-0.1, -0.05) is 0 Å². The zero-order valence-corrected chi connectivity index (χ0v) is 11.9. The van der Waals surface area contributed by atoms with E-state index in [1.165, 1.54) is 19.2 Å². The van der Waals surface area contributed by atoms with E-state index in [0.29, 0.717) is 17.0 Å². The van der Waals surface area contributed by atoms with Crippen LogP contribution in [0, 0.1) is 5.41 Å². The maximum absolute atomic E-state index is 12.3. The molecule has 0 radical (unpaired) electrons. The molecule has 7 heteroatoms. The number of hydrogen-bond donors (Lipinski definition) is 3. The first-order chi connectivity index (χ1) is 9.88. The molecule has 0 aliphatic carbocycles. The molecule has 2 unspecified atom stereocenters. The van der Waals surface area contributed by atoms with Crippen LogP contribution in [0.5, 0.6) is 5.75 Å². The number of anilines is 1. The molecule has 2 rings (SSSR count). The van der Waals surface area contributed by atoms with E-state index in [-0.39, 0.29) is 13.2 Å². The van der Waals surface area contributed by atoms with Gasteiger partial charge in [0, 0.05) is 11.8 Å². The summed E-state index contributed by atoms with van der Waals surface area (Å²) in [6.45, 7) is 1.77. The van der Waals surface area contributed by atoms with Crippen LogP contribution in [0.15, 0.2) is 18.2 Å². The van der Waals surface area contributed by atoms with Crippen molar-refractivity contribution in [2.24, 2.45) is 5.41 Å². The molecule has 1 aliphatic heterocycles. The highest BCUT2D eigenvalue weighted by Crippen LogP contribution is 2.29. The summed E-state index contributed by atoms with van der Waals surface area (Å²) in [4.78, 5) is 23.7. The number of ether oxygens (including phenoxy) is 2. The van der Waals surface area contributed by atoms with Crippen molar-refractivity contribution in [1.29, 1.82) is 0 Å². The van der Waals surface area contributed by atoms with E-state index >= 15 is 0 Å². The van der Waals surface area contributed by atoms with Gasteiger partial charge in [-0.15, -0.1) is 0 Å². The second-order valence-corrected chi connectivity index (χ2v) is 5.22. The number of carbonyl (C=O) groups excluding carboxylic acids is 1. The summed E-state index contributed by atoms with van der Waals surface area (Å²) in [5.41, 5.74) is 5.27. The molecule has 0 aromatic heterocycles. The Bertz CT molecular complexity index is 574. The first-order valence-corrected chi connectivity index (χ1v) is 6.44. The lowest BCUT2D eigenvalue weighted by molar-refractivity contribution is -0.148. The Kier molecular flexibility index (Phi) is 4.04. The van der Waals surface area contributed by atoms with Crippen molar-refractivity contribution in [3.05, 3.63) is 23.8 Å². The average Bonchev–Trinajstić information content (AvgIpc) is 2.81. The van der Waals surface area contributed by atoms with Crippen molar-refractivity contribution >= 4 is 17.6 Å². The normalized spacial score (nSPS) is 24.6. The lowest BCUT2D eigenvalue weighted by Gasteiger charge is -2.25. The van der Waals surface area contributed by atoms with E-state index in [0.717, 1.165) is 0 Å². The minimum Gasteiger partial charge on any atom is -0.496 e. The van der Waals surface area contributed by atoms with Crippen molar-refractivity contribution in [1.82, 2.24) is 5.32 Å². The summed E-state index contributed by atoms with van der Waals surface area (Å²) in [6, 6.07) is 4.05. The number of benzene rings is 1.